The molecule has 0 aliphatic heterocycles. The molecule has 0 amide bonds. The number of carbonyl (C=O) groups excluding carboxylic acids is 3. The molecular formula is C22H34O6. The first-order valence-electron chi connectivity index (χ1n) is 10.8. The molecule has 2 aliphatic rings. The second kappa shape index (κ2) is 10.6. The van der Waals surface area contributed by atoms with Crippen LogP contribution in [-0.4, -0.2) is 37.7 Å². The number of ether oxygens (including phenoxy) is 3. The van der Waals surface area contributed by atoms with Crippen LogP contribution in [0, 0.1) is 11.3 Å². The molecule has 0 N–H and O–H groups in total. The van der Waals surface area contributed by atoms with Crippen LogP contribution in [0.2, 0.25) is 0 Å². The summed E-state index contributed by atoms with van der Waals surface area (Å²) in [6, 6.07) is 0. The zero-order valence-electron chi connectivity index (χ0n) is 17.5. The highest BCUT2D eigenvalue weighted by Crippen LogP contribution is 2.58. The first-order valence-corrected chi connectivity index (χ1v) is 10.8. The summed E-state index contributed by atoms with van der Waals surface area (Å²) in [4.78, 5) is 38.6. The Hall–Kier alpha value is -1.85. The standard InChI is InChI=1S/C22H34O6/c1-4-7-12-26-19(23)17-16-10-11-22(15-16,21(25)28-14-9-6-3)18(17)20(24)27-13-8-5-2/h16H,4-15H2,1-3H3. The van der Waals surface area contributed by atoms with Gasteiger partial charge in [0, 0.05) is 0 Å². The lowest BCUT2D eigenvalue weighted by Gasteiger charge is -2.28. The summed E-state index contributed by atoms with van der Waals surface area (Å²) in [5, 5.41) is 0. The molecule has 2 rings (SSSR count). The van der Waals surface area contributed by atoms with Gasteiger partial charge in [0.05, 0.1) is 31.0 Å². The molecule has 0 saturated heterocycles. The molecule has 158 valence electrons. The van der Waals surface area contributed by atoms with Gasteiger partial charge in [-0.05, 0) is 44.4 Å². The molecule has 2 bridgehead atoms. The van der Waals surface area contributed by atoms with E-state index < -0.39 is 23.3 Å². The van der Waals surface area contributed by atoms with E-state index in [-0.39, 0.29) is 18.1 Å². The van der Waals surface area contributed by atoms with Crippen LogP contribution in [-0.2, 0) is 28.6 Å². The molecule has 28 heavy (non-hydrogen) atoms. The minimum absolute atomic E-state index is 0.137. The van der Waals surface area contributed by atoms with Gasteiger partial charge in [0.2, 0.25) is 0 Å². The van der Waals surface area contributed by atoms with Gasteiger partial charge < -0.3 is 14.2 Å². The number of carbonyl (C=O) groups is 3. The third kappa shape index (κ3) is 4.76. The first-order chi connectivity index (χ1) is 13.5. The maximum Gasteiger partial charge on any atom is 0.335 e. The lowest BCUT2D eigenvalue weighted by Crippen LogP contribution is -2.36. The summed E-state index contributed by atoms with van der Waals surface area (Å²) in [6.07, 6.45) is 6.65. The van der Waals surface area contributed by atoms with Gasteiger partial charge in [-0.15, -0.1) is 0 Å². The molecule has 6 heteroatoms. The average molecular weight is 395 g/mol. The van der Waals surface area contributed by atoms with E-state index in [9.17, 15) is 14.4 Å². The molecule has 6 nitrogen and oxygen atoms in total. The molecule has 1 fully saturated rings. The highest BCUT2D eigenvalue weighted by molar-refractivity contribution is 6.08. The molecule has 1 saturated carbocycles. The van der Waals surface area contributed by atoms with Crippen LogP contribution >= 0.6 is 0 Å². The molecule has 0 radical (unpaired) electrons. The highest BCUT2D eigenvalue weighted by atomic mass is 16.5. The van der Waals surface area contributed by atoms with Crippen LogP contribution in [0.5, 0.6) is 0 Å². The van der Waals surface area contributed by atoms with E-state index in [1.54, 1.807) is 0 Å². The van der Waals surface area contributed by atoms with Crippen molar-refractivity contribution in [3.05, 3.63) is 11.1 Å². The molecule has 2 unspecified atom stereocenters. The van der Waals surface area contributed by atoms with Crippen LogP contribution in [0.25, 0.3) is 0 Å². The van der Waals surface area contributed by atoms with E-state index in [0.717, 1.165) is 38.5 Å². The molecule has 0 heterocycles. The fraction of sp³-hybridized carbons (Fsp3) is 0.773. The predicted molar refractivity (Wildman–Crippen MR) is 104 cm³/mol. The maximum absolute atomic E-state index is 13.0. The van der Waals surface area contributed by atoms with Gasteiger partial charge >= 0.3 is 17.9 Å². The zero-order chi connectivity index (χ0) is 20.6. The second-order valence-electron chi connectivity index (χ2n) is 7.78. The third-order valence-corrected chi connectivity index (χ3v) is 5.68. The van der Waals surface area contributed by atoms with Crippen molar-refractivity contribution in [2.45, 2.75) is 78.6 Å². The molecule has 0 spiro atoms. The Labute approximate surface area is 168 Å². The summed E-state index contributed by atoms with van der Waals surface area (Å²) >= 11 is 0. The zero-order valence-corrected chi connectivity index (χ0v) is 17.5. The van der Waals surface area contributed by atoms with E-state index in [4.69, 9.17) is 14.2 Å². The summed E-state index contributed by atoms with van der Waals surface area (Å²) in [6.45, 7) is 6.97. The van der Waals surface area contributed by atoms with Gasteiger partial charge in [0.25, 0.3) is 0 Å². The number of esters is 3. The molecule has 0 aromatic rings. The number of rotatable bonds is 12. The van der Waals surface area contributed by atoms with Gasteiger partial charge in [-0.25, -0.2) is 9.59 Å². The largest absolute Gasteiger partial charge is 0.465 e. The van der Waals surface area contributed by atoms with Crippen molar-refractivity contribution >= 4 is 17.9 Å². The summed E-state index contributed by atoms with van der Waals surface area (Å²) in [5.41, 5.74) is -0.514. The average Bonchev–Trinajstić information content (AvgIpc) is 3.26. The predicted octanol–water partition coefficient (Wildman–Crippen LogP) is 4.11. The minimum Gasteiger partial charge on any atom is -0.465 e. The van der Waals surface area contributed by atoms with Crippen molar-refractivity contribution in [3.63, 3.8) is 0 Å². The van der Waals surface area contributed by atoms with Gasteiger partial charge in [-0.2, -0.15) is 0 Å². The number of fused-ring (bicyclic) bond motifs is 2. The van der Waals surface area contributed by atoms with Crippen molar-refractivity contribution in [2.24, 2.45) is 11.3 Å². The summed E-state index contributed by atoms with van der Waals surface area (Å²) in [7, 11) is 0. The first kappa shape index (κ1) is 22.4. The molecule has 2 atom stereocenters. The normalized spacial score (nSPS) is 23.0. The fourth-order valence-electron chi connectivity index (χ4n) is 4.06. The molecule has 0 aromatic heterocycles. The minimum atomic E-state index is -1.05. The van der Waals surface area contributed by atoms with E-state index >= 15 is 0 Å². The monoisotopic (exact) mass is 394 g/mol. The number of hydrogen-bond acceptors (Lipinski definition) is 6. The van der Waals surface area contributed by atoms with Crippen LogP contribution < -0.4 is 0 Å². The Kier molecular flexibility index (Phi) is 8.52. The fourth-order valence-corrected chi connectivity index (χ4v) is 4.06. The van der Waals surface area contributed by atoms with E-state index in [0.29, 0.717) is 38.0 Å². The van der Waals surface area contributed by atoms with Crippen molar-refractivity contribution in [1.29, 1.82) is 0 Å². The maximum atomic E-state index is 13.0. The van der Waals surface area contributed by atoms with Crippen molar-refractivity contribution < 1.29 is 28.6 Å². The lowest BCUT2D eigenvalue weighted by molar-refractivity contribution is -0.156. The number of hydrogen-bond donors (Lipinski definition) is 0. The molecular weight excluding hydrogens is 360 g/mol. The van der Waals surface area contributed by atoms with E-state index in [1.165, 1.54) is 0 Å². The van der Waals surface area contributed by atoms with Crippen LogP contribution in [0.1, 0.15) is 78.6 Å². The van der Waals surface area contributed by atoms with Gasteiger partial charge in [0.15, 0.2) is 0 Å². The topological polar surface area (TPSA) is 78.9 Å². The Morgan fingerprint density at radius 1 is 0.857 bits per heavy atom. The highest BCUT2D eigenvalue weighted by Gasteiger charge is 2.61. The van der Waals surface area contributed by atoms with Crippen LogP contribution in [0.3, 0.4) is 0 Å². The smallest absolute Gasteiger partial charge is 0.335 e. The van der Waals surface area contributed by atoms with E-state index in [2.05, 4.69) is 0 Å². The molecule has 0 aromatic carbocycles. The number of unbranched alkanes of at least 4 members (excludes halogenated alkanes) is 3. The van der Waals surface area contributed by atoms with Crippen LogP contribution in [0.15, 0.2) is 11.1 Å². The second-order valence-corrected chi connectivity index (χ2v) is 7.78. The van der Waals surface area contributed by atoms with Crippen LogP contribution in [0.4, 0.5) is 0 Å². The summed E-state index contributed by atoms with van der Waals surface area (Å²) in [5.74, 6) is -1.59. The quantitative estimate of drug-likeness (QED) is 0.281. The Bertz CT molecular complexity index is 608. The SMILES string of the molecule is CCCCOC(=O)C1=C(C(=O)OCCCC)C2(C(=O)OCCCC)CCC1C2. The molecule has 2 aliphatic carbocycles. The Morgan fingerprint density at radius 2 is 1.39 bits per heavy atom. The van der Waals surface area contributed by atoms with Crippen molar-refractivity contribution in [2.75, 3.05) is 19.8 Å². The Balaban J connectivity index is 2.28. The van der Waals surface area contributed by atoms with Crippen molar-refractivity contribution in [1.82, 2.24) is 0 Å². The van der Waals surface area contributed by atoms with Gasteiger partial charge in [0.1, 0.15) is 5.41 Å². The van der Waals surface area contributed by atoms with Gasteiger partial charge in [-0.1, -0.05) is 40.0 Å². The lowest BCUT2D eigenvalue weighted by atomic mass is 9.78. The Morgan fingerprint density at radius 3 is 1.96 bits per heavy atom. The van der Waals surface area contributed by atoms with E-state index in [1.807, 2.05) is 20.8 Å². The third-order valence-electron chi connectivity index (χ3n) is 5.68. The van der Waals surface area contributed by atoms with Crippen molar-refractivity contribution in [3.8, 4) is 0 Å². The van der Waals surface area contributed by atoms with Gasteiger partial charge in [-0.3, -0.25) is 4.79 Å². The summed E-state index contributed by atoms with van der Waals surface area (Å²) < 4.78 is 16.3.